The van der Waals surface area contributed by atoms with Crippen LogP contribution in [0.3, 0.4) is 0 Å². The minimum atomic E-state index is -1.33. The van der Waals surface area contributed by atoms with Gasteiger partial charge in [0.15, 0.2) is 0 Å². The van der Waals surface area contributed by atoms with E-state index in [4.69, 9.17) is 0 Å². The summed E-state index contributed by atoms with van der Waals surface area (Å²) in [5, 5.41) is 19.5. The third-order valence-electron chi connectivity index (χ3n) is 3.85. The first-order valence-electron chi connectivity index (χ1n) is 7.16. The van der Waals surface area contributed by atoms with Crippen molar-refractivity contribution in [1.82, 2.24) is 4.90 Å². The maximum Gasteiger partial charge on any atom is 0.327 e. The van der Waals surface area contributed by atoms with Gasteiger partial charge in [-0.15, -0.1) is 0 Å². The Hall–Kier alpha value is -1.67. The summed E-state index contributed by atoms with van der Waals surface area (Å²) in [7, 11) is 0. The Morgan fingerprint density at radius 2 is 1.75 bits per heavy atom. The molecule has 2 N–H and O–H groups in total. The van der Waals surface area contributed by atoms with E-state index < -0.39 is 23.8 Å². The molecule has 0 saturated carbocycles. The van der Waals surface area contributed by atoms with Gasteiger partial charge in [0.1, 0.15) is 20.8 Å². The second kappa shape index (κ2) is 7.06. The van der Waals surface area contributed by atoms with Crippen LogP contribution in [0.15, 0.2) is 21.1 Å². The van der Waals surface area contributed by atoms with Gasteiger partial charge in [0, 0.05) is 6.42 Å². The number of hydrogen-bond donors (Lipinski definition) is 2. The molecule has 0 bridgehead atoms. The first-order chi connectivity index (χ1) is 11.2. The Morgan fingerprint density at radius 3 is 2.21 bits per heavy atom. The summed E-state index contributed by atoms with van der Waals surface area (Å²) in [6, 6.07) is 2.02. The minimum Gasteiger partial charge on any atom is -0.507 e. The maximum atomic E-state index is 12.2. The highest BCUT2D eigenvalue weighted by Gasteiger charge is 2.43. The molecule has 6 nitrogen and oxygen atoms in total. The highest BCUT2D eigenvalue weighted by atomic mass is 79.9. The molecule has 24 heavy (non-hydrogen) atoms. The van der Waals surface area contributed by atoms with Crippen LogP contribution in [0, 0.1) is 6.92 Å². The van der Waals surface area contributed by atoms with Crippen molar-refractivity contribution in [2.75, 3.05) is 0 Å². The fourth-order valence-corrected chi connectivity index (χ4v) is 3.33. The molecule has 1 aliphatic heterocycles. The molecule has 8 heteroatoms. The van der Waals surface area contributed by atoms with Crippen molar-refractivity contribution in [2.45, 2.75) is 32.7 Å². The largest absolute Gasteiger partial charge is 0.507 e. The smallest absolute Gasteiger partial charge is 0.327 e. The minimum absolute atomic E-state index is 0.00915. The van der Waals surface area contributed by atoms with E-state index >= 15 is 0 Å². The summed E-state index contributed by atoms with van der Waals surface area (Å²) in [5.74, 6) is -2.48. The molecule has 2 rings (SSSR count). The fourth-order valence-electron chi connectivity index (χ4n) is 2.61. The topological polar surface area (TPSA) is 94.9 Å². The SMILES string of the molecule is CCc1cc(CC(C(=O)O)N2C(=O)C(Br)=C(Br)C2=O)cc(C)c1O. The van der Waals surface area contributed by atoms with Gasteiger partial charge < -0.3 is 10.2 Å². The molecular weight excluding hydrogens is 446 g/mol. The van der Waals surface area contributed by atoms with Crippen LogP contribution in [0.4, 0.5) is 0 Å². The van der Waals surface area contributed by atoms with Gasteiger partial charge >= 0.3 is 5.97 Å². The number of carboxylic acid groups (broad SMARTS) is 1. The van der Waals surface area contributed by atoms with Crippen LogP contribution < -0.4 is 0 Å². The Kier molecular flexibility index (Phi) is 5.49. The van der Waals surface area contributed by atoms with E-state index in [1.54, 1.807) is 19.1 Å². The summed E-state index contributed by atoms with van der Waals surface area (Å²) in [6.45, 7) is 3.59. The van der Waals surface area contributed by atoms with Crippen LogP contribution in [-0.2, 0) is 27.2 Å². The van der Waals surface area contributed by atoms with E-state index in [9.17, 15) is 24.6 Å². The van der Waals surface area contributed by atoms with Crippen molar-refractivity contribution >= 4 is 49.6 Å². The number of nitrogens with zero attached hydrogens (tertiary/aromatic N) is 1. The molecule has 0 radical (unpaired) electrons. The zero-order valence-electron chi connectivity index (χ0n) is 13.0. The number of amides is 2. The number of carbonyl (C=O) groups is 3. The second-order valence-corrected chi connectivity index (χ2v) is 7.03. The molecule has 1 aliphatic rings. The standard InChI is InChI=1S/C16H15Br2NO5/c1-3-9-5-8(4-7(2)13(9)20)6-10(16(23)24)19-14(21)11(17)12(18)15(19)22/h4-5,10,20H,3,6H2,1-2H3,(H,23,24). The van der Waals surface area contributed by atoms with Crippen molar-refractivity contribution < 1.29 is 24.6 Å². The van der Waals surface area contributed by atoms with Gasteiger partial charge in [0.25, 0.3) is 11.8 Å². The predicted octanol–water partition coefficient (Wildman–Crippen LogP) is 2.63. The molecule has 1 unspecified atom stereocenters. The quantitative estimate of drug-likeness (QED) is 0.658. The number of carbonyl (C=O) groups excluding carboxylic acids is 2. The van der Waals surface area contributed by atoms with E-state index in [2.05, 4.69) is 31.9 Å². The third kappa shape index (κ3) is 3.25. The van der Waals surface area contributed by atoms with Gasteiger partial charge in [-0.25, -0.2) is 4.79 Å². The molecule has 1 aromatic rings. The molecule has 128 valence electrons. The second-order valence-electron chi connectivity index (χ2n) is 5.44. The summed E-state index contributed by atoms with van der Waals surface area (Å²) < 4.78 is 0.0183. The molecule has 1 aromatic carbocycles. The Labute approximate surface area is 155 Å². The van der Waals surface area contributed by atoms with E-state index in [1.807, 2.05) is 6.92 Å². The number of carboxylic acids is 1. The van der Waals surface area contributed by atoms with Gasteiger partial charge in [0.05, 0.1) is 0 Å². The fraction of sp³-hybridized carbons (Fsp3) is 0.312. The van der Waals surface area contributed by atoms with Crippen molar-refractivity contribution in [3.63, 3.8) is 0 Å². The number of rotatable bonds is 5. The highest BCUT2D eigenvalue weighted by molar-refractivity contribution is 9.14. The number of hydrogen-bond acceptors (Lipinski definition) is 4. The van der Waals surface area contributed by atoms with Crippen molar-refractivity contribution in [2.24, 2.45) is 0 Å². The van der Waals surface area contributed by atoms with Gasteiger partial charge in [-0.1, -0.05) is 19.1 Å². The molecular formula is C16H15Br2NO5. The number of imide groups is 1. The van der Waals surface area contributed by atoms with Crippen LogP contribution >= 0.6 is 31.9 Å². The van der Waals surface area contributed by atoms with Crippen molar-refractivity contribution in [1.29, 1.82) is 0 Å². The Morgan fingerprint density at radius 1 is 1.21 bits per heavy atom. The summed E-state index contributed by atoms with van der Waals surface area (Å²) in [6.07, 6.45) is 0.542. The number of halogens is 2. The predicted molar refractivity (Wildman–Crippen MR) is 94.1 cm³/mol. The summed E-state index contributed by atoms with van der Waals surface area (Å²) in [5.41, 5.74) is 1.94. The molecule has 0 aliphatic carbocycles. The van der Waals surface area contributed by atoms with E-state index in [0.717, 1.165) is 4.90 Å². The van der Waals surface area contributed by atoms with Gasteiger partial charge in [-0.2, -0.15) is 0 Å². The molecule has 0 fully saturated rings. The number of phenols is 1. The average Bonchev–Trinajstić information content (AvgIpc) is 2.72. The normalized spacial score (nSPS) is 16.1. The van der Waals surface area contributed by atoms with Crippen molar-refractivity contribution in [3.8, 4) is 5.75 Å². The molecule has 2 amide bonds. The number of benzene rings is 1. The zero-order chi connectivity index (χ0) is 18.2. The molecule has 1 heterocycles. The van der Waals surface area contributed by atoms with Crippen molar-refractivity contribution in [3.05, 3.63) is 37.8 Å². The first kappa shape index (κ1) is 18.7. The van der Waals surface area contributed by atoms with Gasteiger partial charge in [-0.05, 0) is 61.9 Å². The monoisotopic (exact) mass is 459 g/mol. The zero-order valence-corrected chi connectivity index (χ0v) is 16.1. The Balaban J connectivity index is 2.38. The average molecular weight is 461 g/mol. The highest BCUT2D eigenvalue weighted by Crippen LogP contribution is 2.32. The number of phenolic OH excluding ortho intramolecular Hbond substituents is 1. The van der Waals surface area contributed by atoms with Crippen LogP contribution in [0.2, 0.25) is 0 Å². The summed E-state index contributed by atoms with van der Waals surface area (Å²) in [4.78, 5) is 36.7. The van der Waals surface area contributed by atoms with E-state index in [0.29, 0.717) is 23.1 Å². The number of aliphatic carboxylic acids is 1. The molecule has 0 saturated heterocycles. The first-order valence-corrected chi connectivity index (χ1v) is 8.74. The molecule has 0 spiro atoms. The lowest BCUT2D eigenvalue weighted by atomic mass is 9.98. The maximum absolute atomic E-state index is 12.2. The van der Waals surface area contributed by atoms with Crippen LogP contribution in [0.25, 0.3) is 0 Å². The van der Waals surface area contributed by atoms with E-state index in [1.165, 1.54) is 0 Å². The Bertz CT molecular complexity index is 748. The molecule has 0 aromatic heterocycles. The number of aryl methyl sites for hydroxylation is 2. The summed E-state index contributed by atoms with van der Waals surface area (Å²) >= 11 is 5.98. The van der Waals surface area contributed by atoms with Crippen LogP contribution in [-0.4, -0.2) is 38.9 Å². The lowest BCUT2D eigenvalue weighted by molar-refractivity contribution is -0.153. The van der Waals surface area contributed by atoms with Crippen LogP contribution in [0.1, 0.15) is 23.6 Å². The van der Waals surface area contributed by atoms with Gasteiger partial charge in [0.2, 0.25) is 0 Å². The lowest BCUT2D eigenvalue weighted by Crippen LogP contribution is -2.46. The van der Waals surface area contributed by atoms with E-state index in [-0.39, 0.29) is 21.1 Å². The van der Waals surface area contributed by atoms with Gasteiger partial charge in [-0.3, -0.25) is 14.5 Å². The van der Waals surface area contributed by atoms with Crippen LogP contribution in [0.5, 0.6) is 5.75 Å². The lowest BCUT2D eigenvalue weighted by Gasteiger charge is -2.23. The third-order valence-corrected chi connectivity index (χ3v) is 5.86. The number of aromatic hydroxyl groups is 1. The molecule has 1 atom stereocenters.